The number of aryl methyl sites for hydroxylation is 2. The van der Waals surface area contributed by atoms with Crippen molar-refractivity contribution >= 4 is 86.7 Å². The van der Waals surface area contributed by atoms with Crippen LogP contribution in [0.25, 0.3) is 103 Å². The summed E-state index contributed by atoms with van der Waals surface area (Å²) in [6, 6.07) is 56.7. The molecule has 0 aliphatic rings. The second kappa shape index (κ2) is 12.4. The normalized spacial score (nSPS) is 11.9. The van der Waals surface area contributed by atoms with Crippen LogP contribution < -0.4 is 0 Å². The first-order valence-corrected chi connectivity index (χ1v) is 19.7. The molecule has 0 radical (unpaired) electrons. The standard InChI is InChI=1S/C50H32ClN3S/c1-29-19-20-33-11-3-4-12-36(33)43(29)44-30(2)48-45(38-14-6-5-13-37(38)44)39-15-7-9-17-41(39)54(48)35-27-25-32(26-28-35)31-21-23-34(24-22-31)46-49(51)52-47-40-16-8-10-18-42(40)55-50(47)53-46/h3-28H,1-2H3. The van der Waals surface area contributed by atoms with Crippen molar-refractivity contribution in [2.24, 2.45) is 0 Å². The van der Waals surface area contributed by atoms with Gasteiger partial charge in [-0.25, -0.2) is 9.97 Å². The Kier molecular flexibility index (Phi) is 7.22. The third-order valence-corrected chi connectivity index (χ3v) is 12.6. The van der Waals surface area contributed by atoms with Crippen molar-refractivity contribution in [1.29, 1.82) is 0 Å². The number of fused-ring (bicyclic) bond motifs is 9. The topological polar surface area (TPSA) is 30.7 Å². The Hall–Kier alpha value is -6.33. The van der Waals surface area contributed by atoms with Crippen LogP contribution in [0, 0.1) is 13.8 Å². The molecule has 0 amide bonds. The van der Waals surface area contributed by atoms with Crippen LogP contribution in [-0.4, -0.2) is 14.5 Å². The molecule has 8 aromatic carbocycles. The second-order valence-electron chi connectivity index (χ2n) is 14.3. The van der Waals surface area contributed by atoms with Gasteiger partial charge in [0.1, 0.15) is 16.0 Å². The van der Waals surface area contributed by atoms with Crippen LogP contribution in [0.4, 0.5) is 0 Å². The number of halogens is 1. The third-order valence-electron chi connectivity index (χ3n) is 11.2. The Labute approximate surface area is 326 Å². The molecule has 0 saturated heterocycles. The monoisotopic (exact) mass is 741 g/mol. The first kappa shape index (κ1) is 32.1. The predicted molar refractivity (Wildman–Crippen MR) is 235 cm³/mol. The second-order valence-corrected chi connectivity index (χ2v) is 15.7. The third kappa shape index (κ3) is 4.88. The minimum absolute atomic E-state index is 0.418. The highest BCUT2D eigenvalue weighted by Gasteiger charge is 2.23. The van der Waals surface area contributed by atoms with Gasteiger partial charge in [-0.05, 0) is 93.0 Å². The van der Waals surface area contributed by atoms with Crippen molar-refractivity contribution in [2.75, 3.05) is 0 Å². The van der Waals surface area contributed by atoms with E-state index in [0.29, 0.717) is 10.8 Å². The van der Waals surface area contributed by atoms with E-state index in [-0.39, 0.29) is 0 Å². The minimum Gasteiger partial charge on any atom is -0.309 e. The molecule has 3 aromatic heterocycles. The zero-order valence-electron chi connectivity index (χ0n) is 30.1. The average Bonchev–Trinajstić information content (AvgIpc) is 3.77. The van der Waals surface area contributed by atoms with Gasteiger partial charge in [0.2, 0.25) is 0 Å². The van der Waals surface area contributed by atoms with Gasteiger partial charge < -0.3 is 4.57 Å². The Morgan fingerprint density at radius 3 is 1.93 bits per heavy atom. The van der Waals surface area contributed by atoms with E-state index in [1.807, 2.05) is 12.1 Å². The predicted octanol–water partition coefficient (Wildman–Crippen LogP) is 14.5. The summed E-state index contributed by atoms with van der Waals surface area (Å²) in [5.41, 5.74) is 13.5. The van der Waals surface area contributed by atoms with E-state index >= 15 is 0 Å². The number of benzene rings is 8. The van der Waals surface area contributed by atoms with E-state index in [9.17, 15) is 0 Å². The van der Waals surface area contributed by atoms with E-state index < -0.39 is 0 Å². The smallest absolute Gasteiger partial charge is 0.156 e. The molecule has 0 unspecified atom stereocenters. The number of aromatic nitrogens is 3. The lowest BCUT2D eigenvalue weighted by atomic mass is 9.86. The molecular weight excluding hydrogens is 710 g/mol. The largest absolute Gasteiger partial charge is 0.309 e. The van der Waals surface area contributed by atoms with Crippen molar-refractivity contribution in [3.8, 4) is 39.2 Å². The van der Waals surface area contributed by atoms with Crippen molar-refractivity contribution < 1.29 is 0 Å². The van der Waals surface area contributed by atoms with Gasteiger partial charge in [-0.2, -0.15) is 0 Å². The number of thiophene rings is 1. The van der Waals surface area contributed by atoms with Crippen LogP contribution in [0.3, 0.4) is 0 Å². The van der Waals surface area contributed by atoms with Crippen LogP contribution in [0.1, 0.15) is 11.1 Å². The first-order chi connectivity index (χ1) is 27.0. The molecular formula is C50H32ClN3S. The molecule has 5 heteroatoms. The number of hydrogen-bond acceptors (Lipinski definition) is 3. The summed E-state index contributed by atoms with van der Waals surface area (Å²) in [5.74, 6) is 0. The summed E-state index contributed by atoms with van der Waals surface area (Å²) in [7, 11) is 0. The van der Waals surface area contributed by atoms with E-state index in [2.05, 4.69) is 164 Å². The van der Waals surface area contributed by atoms with Crippen LogP contribution >= 0.6 is 22.9 Å². The minimum atomic E-state index is 0.418. The van der Waals surface area contributed by atoms with Gasteiger partial charge in [-0.3, -0.25) is 0 Å². The Balaban J connectivity index is 1.05. The summed E-state index contributed by atoms with van der Waals surface area (Å²) < 4.78 is 3.63. The number of para-hydroxylation sites is 1. The summed E-state index contributed by atoms with van der Waals surface area (Å²) in [6.45, 7) is 4.55. The molecule has 0 aliphatic carbocycles. The van der Waals surface area contributed by atoms with Gasteiger partial charge in [0.05, 0.1) is 11.0 Å². The first-order valence-electron chi connectivity index (χ1n) is 18.5. The fourth-order valence-corrected chi connectivity index (χ4v) is 9.97. The molecule has 0 spiro atoms. The van der Waals surface area contributed by atoms with Crippen molar-refractivity contribution in [1.82, 2.24) is 14.5 Å². The van der Waals surface area contributed by atoms with Crippen molar-refractivity contribution in [3.05, 3.63) is 174 Å². The summed E-state index contributed by atoms with van der Waals surface area (Å²) in [5, 5.41) is 9.15. The highest BCUT2D eigenvalue weighted by atomic mass is 35.5. The lowest BCUT2D eigenvalue weighted by Crippen LogP contribution is -1.98. The fraction of sp³-hybridized carbons (Fsp3) is 0.0400. The molecule has 0 bridgehead atoms. The van der Waals surface area contributed by atoms with Gasteiger partial charge in [0, 0.05) is 32.1 Å². The number of hydrogen-bond donors (Lipinski definition) is 0. The van der Waals surface area contributed by atoms with Crippen molar-refractivity contribution in [3.63, 3.8) is 0 Å². The Morgan fingerprint density at radius 2 is 1.15 bits per heavy atom. The molecule has 11 aromatic rings. The van der Waals surface area contributed by atoms with Crippen LogP contribution in [-0.2, 0) is 0 Å². The van der Waals surface area contributed by atoms with Crippen LogP contribution in [0.5, 0.6) is 0 Å². The van der Waals surface area contributed by atoms with Gasteiger partial charge in [0.25, 0.3) is 0 Å². The molecule has 11 rings (SSSR count). The SMILES string of the molecule is Cc1ccc2ccccc2c1-c1c(C)c2c(c3ccccc13)c1ccccc1n2-c1ccc(-c2ccc(-c3nc4sc5ccccc5c4nc3Cl)cc2)cc1. The zero-order chi connectivity index (χ0) is 36.8. The molecule has 55 heavy (non-hydrogen) atoms. The van der Waals surface area contributed by atoms with Gasteiger partial charge in [-0.15, -0.1) is 11.3 Å². The van der Waals surface area contributed by atoms with Gasteiger partial charge >= 0.3 is 0 Å². The maximum atomic E-state index is 6.75. The Morgan fingerprint density at radius 1 is 0.527 bits per heavy atom. The molecule has 260 valence electrons. The molecule has 0 aliphatic heterocycles. The zero-order valence-corrected chi connectivity index (χ0v) is 31.7. The summed E-state index contributed by atoms with van der Waals surface area (Å²) in [4.78, 5) is 10.6. The highest BCUT2D eigenvalue weighted by molar-refractivity contribution is 7.25. The lowest BCUT2D eigenvalue weighted by Gasteiger charge is -2.19. The molecule has 3 heterocycles. The summed E-state index contributed by atoms with van der Waals surface area (Å²) in [6.07, 6.45) is 0. The quantitative estimate of drug-likeness (QED) is 0.180. The maximum Gasteiger partial charge on any atom is 0.156 e. The molecule has 3 nitrogen and oxygen atoms in total. The summed E-state index contributed by atoms with van der Waals surface area (Å²) >= 11 is 8.40. The molecule has 0 saturated carbocycles. The fourth-order valence-electron chi connectivity index (χ4n) is 8.72. The van der Waals surface area contributed by atoms with Crippen molar-refractivity contribution in [2.45, 2.75) is 13.8 Å². The molecule has 0 atom stereocenters. The Bertz CT molecular complexity index is 3340. The van der Waals surface area contributed by atoms with Crippen LogP contribution in [0.15, 0.2) is 158 Å². The van der Waals surface area contributed by atoms with E-state index in [4.69, 9.17) is 21.6 Å². The van der Waals surface area contributed by atoms with E-state index in [0.717, 1.165) is 42.8 Å². The van der Waals surface area contributed by atoms with E-state index in [1.54, 1.807) is 11.3 Å². The van der Waals surface area contributed by atoms with E-state index in [1.165, 1.54) is 65.6 Å². The highest BCUT2D eigenvalue weighted by Crippen LogP contribution is 2.46. The molecule has 0 fully saturated rings. The maximum absolute atomic E-state index is 6.75. The van der Waals surface area contributed by atoms with Gasteiger partial charge in [0.15, 0.2) is 5.15 Å². The molecule has 0 N–H and O–H groups in total. The number of rotatable bonds is 4. The van der Waals surface area contributed by atoms with Crippen LogP contribution in [0.2, 0.25) is 5.15 Å². The average molecular weight is 742 g/mol. The van der Waals surface area contributed by atoms with Gasteiger partial charge in [-0.1, -0.05) is 145 Å². The number of nitrogens with zero attached hydrogens (tertiary/aromatic N) is 3. The lowest BCUT2D eigenvalue weighted by molar-refractivity contribution is 1.17.